The van der Waals surface area contributed by atoms with Crippen LogP contribution in [0.25, 0.3) is 0 Å². The Hall–Kier alpha value is -2.03. The monoisotopic (exact) mass is 245 g/mol. The molecule has 0 heterocycles. The summed E-state index contributed by atoms with van der Waals surface area (Å²) >= 11 is 0. The molecule has 0 spiro atoms. The molecule has 0 aliphatic rings. The van der Waals surface area contributed by atoms with E-state index >= 15 is 0 Å². The standard InChI is InChI=1S/C15H16FNO/c1-17-13-6-3-11(4-7-13)9-12-5-8-15(18-2)14(16)10-12/h3-8,10,17H,9H2,1-2H3. The summed E-state index contributed by atoms with van der Waals surface area (Å²) in [7, 11) is 3.35. The van der Waals surface area contributed by atoms with E-state index < -0.39 is 0 Å². The molecule has 0 bridgehead atoms. The summed E-state index contributed by atoms with van der Waals surface area (Å²) in [6.45, 7) is 0. The molecule has 0 saturated heterocycles. The van der Waals surface area contributed by atoms with E-state index in [0.717, 1.165) is 16.8 Å². The minimum Gasteiger partial charge on any atom is -0.494 e. The van der Waals surface area contributed by atoms with Gasteiger partial charge in [0.1, 0.15) is 0 Å². The average molecular weight is 245 g/mol. The lowest BCUT2D eigenvalue weighted by molar-refractivity contribution is 0.386. The van der Waals surface area contributed by atoms with Gasteiger partial charge in [0.05, 0.1) is 7.11 Å². The number of benzene rings is 2. The highest BCUT2D eigenvalue weighted by atomic mass is 19.1. The van der Waals surface area contributed by atoms with Gasteiger partial charge in [0, 0.05) is 12.7 Å². The van der Waals surface area contributed by atoms with Gasteiger partial charge < -0.3 is 10.1 Å². The second-order valence-electron chi connectivity index (χ2n) is 4.09. The predicted octanol–water partition coefficient (Wildman–Crippen LogP) is 3.47. The normalized spacial score (nSPS) is 10.2. The first kappa shape index (κ1) is 12.4. The molecule has 0 unspecified atom stereocenters. The highest BCUT2D eigenvalue weighted by molar-refractivity contribution is 5.44. The molecule has 2 nitrogen and oxygen atoms in total. The molecule has 2 rings (SSSR count). The van der Waals surface area contributed by atoms with Crippen molar-refractivity contribution in [3.05, 3.63) is 59.4 Å². The van der Waals surface area contributed by atoms with Crippen LogP contribution in [-0.2, 0) is 6.42 Å². The number of halogens is 1. The van der Waals surface area contributed by atoms with Gasteiger partial charge in [0.25, 0.3) is 0 Å². The van der Waals surface area contributed by atoms with Crippen molar-refractivity contribution >= 4 is 5.69 Å². The molecule has 94 valence electrons. The van der Waals surface area contributed by atoms with E-state index in [1.165, 1.54) is 13.2 Å². The second-order valence-corrected chi connectivity index (χ2v) is 4.09. The van der Waals surface area contributed by atoms with Crippen LogP contribution in [0.2, 0.25) is 0 Å². The molecule has 0 saturated carbocycles. The Bertz CT molecular complexity index is 523. The molecule has 0 aromatic heterocycles. The lowest BCUT2D eigenvalue weighted by Crippen LogP contribution is -1.93. The van der Waals surface area contributed by atoms with E-state index in [2.05, 4.69) is 5.32 Å². The van der Waals surface area contributed by atoms with Crippen LogP contribution in [0.1, 0.15) is 11.1 Å². The van der Waals surface area contributed by atoms with E-state index in [1.54, 1.807) is 6.07 Å². The van der Waals surface area contributed by atoms with E-state index in [1.807, 2.05) is 37.4 Å². The lowest BCUT2D eigenvalue weighted by Gasteiger charge is -2.06. The predicted molar refractivity (Wildman–Crippen MR) is 71.7 cm³/mol. The largest absolute Gasteiger partial charge is 0.494 e. The number of ether oxygens (including phenoxy) is 1. The Morgan fingerprint density at radius 1 is 1.06 bits per heavy atom. The first-order valence-electron chi connectivity index (χ1n) is 5.82. The van der Waals surface area contributed by atoms with Crippen molar-refractivity contribution in [2.45, 2.75) is 6.42 Å². The van der Waals surface area contributed by atoms with E-state index in [4.69, 9.17) is 4.74 Å². The molecule has 0 aliphatic carbocycles. The van der Waals surface area contributed by atoms with Gasteiger partial charge in [-0.25, -0.2) is 4.39 Å². The molecular weight excluding hydrogens is 229 g/mol. The minimum atomic E-state index is -0.318. The van der Waals surface area contributed by atoms with Crippen molar-refractivity contribution in [1.29, 1.82) is 0 Å². The summed E-state index contributed by atoms with van der Waals surface area (Å²) in [4.78, 5) is 0. The van der Waals surface area contributed by atoms with Gasteiger partial charge in [0.2, 0.25) is 0 Å². The van der Waals surface area contributed by atoms with Crippen LogP contribution in [0.3, 0.4) is 0 Å². The quantitative estimate of drug-likeness (QED) is 0.890. The summed E-state index contributed by atoms with van der Waals surface area (Å²) in [5.74, 6) is -0.0360. The Balaban J connectivity index is 2.15. The van der Waals surface area contributed by atoms with Crippen molar-refractivity contribution < 1.29 is 9.13 Å². The maximum Gasteiger partial charge on any atom is 0.165 e. The first-order valence-corrected chi connectivity index (χ1v) is 5.82. The fourth-order valence-corrected chi connectivity index (χ4v) is 1.84. The van der Waals surface area contributed by atoms with Gasteiger partial charge in [-0.15, -0.1) is 0 Å². The van der Waals surface area contributed by atoms with Gasteiger partial charge in [0.15, 0.2) is 11.6 Å². The van der Waals surface area contributed by atoms with Crippen molar-refractivity contribution in [2.75, 3.05) is 19.5 Å². The topological polar surface area (TPSA) is 21.3 Å². The summed E-state index contributed by atoms with van der Waals surface area (Å²) in [6, 6.07) is 13.2. The van der Waals surface area contributed by atoms with Gasteiger partial charge in [-0.3, -0.25) is 0 Å². The number of nitrogens with one attached hydrogen (secondary N) is 1. The Morgan fingerprint density at radius 3 is 2.28 bits per heavy atom. The van der Waals surface area contributed by atoms with Crippen molar-refractivity contribution in [3.8, 4) is 5.75 Å². The third-order valence-electron chi connectivity index (χ3n) is 2.87. The van der Waals surface area contributed by atoms with Crippen LogP contribution in [0.4, 0.5) is 10.1 Å². The fourth-order valence-electron chi connectivity index (χ4n) is 1.84. The molecule has 3 heteroatoms. The van der Waals surface area contributed by atoms with Crippen LogP contribution in [0.15, 0.2) is 42.5 Å². The fraction of sp³-hybridized carbons (Fsp3) is 0.200. The van der Waals surface area contributed by atoms with Crippen LogP contribution >= 0.6 is 0 Å². The van der Waals surface area contributed by atoms with E-state index in [-0.39, 0.29) is 11.6 Å². The molecule has 0 atom stereocenters. The molecule has 0 aliphatic heterocycles. The third-order valence-corrected chi connectivity index (χ3v) is 2.87. The molecule has 0 fully saturated rings. The van der Waals surface area contributed by atoms with E-state index in [0.29, 0.717) is 6.42 Å². The number of hydrogen-bond acceptors (Lipinski definition) is 2. The first-order chi connectivity index (χ1) is 8.72. The summed E-state index contributed by atoms with van der Waals surface area (Å²) in [5, 5.41) is 3.07. The number of hydrogen-bond donors (Lipinski definition) is 1. The summed E-state index contributed by atoms with van der Waals surface area (Å²) in [5.41, 5.74) is 3.16. The SMILES string of the molecule is CNc1ccc(Cc2ccc(OC)c(F)c2)cc1. The van der Waals surface area contributed by atoms with E-state index in [9.17, 15) is 4.39 Å². The highest BCUT2D eigenvalue weighted by Gasteiger charge is 2.04. The molecular formula is C15H16FNO. The van der Waals surface area contributed by atoms with Crippen LogP contribution in [0, 0.1) is 5.82 Å². The zero-order valence-corrected chi connectivity index (χ0v) is 10.5. The number of methoxy groups -OCH3 is 1. The second kappa shape index (κ2) is 5.54. The molecule has 0 radical (unpaired) electrons. The maximum atomic E-state index is 13.5. The van der Waals surface area contributed by atoms with Crippen molar-refractivity contribution in [1.82, 2.24) is 0 Å². The molecule has 0 amide bonds. The van der Waals surface area contributed by atoms with Crippen molar-refractivity contribution in [2.24, 2.45) is 0 Å². The van der Waals surface area contributed by atoms with Gasteiger partial charge in [-0.1, -0.05) is 18.2 Å². The average Bonchev–Trinajstić information content (AvgIpc) is 2.40. The summed E-state index contributed by atoms with van der Waals surface area (Å²) in [6.07, 6.45) is 0.713. The van der Waals surface area contributed by atoms with Crippen LogP contribution in [0.5, 0.6) is 5.75 Å². The van der Waals surface area contributed by atoms with Crippen LogP contribution in [-0.4, -0.2) is 14.2 Å². The number of rotatable bonds is 4. The van der Waals surface area contributed by atoms with Crippen molar-refractivity contribution in [3.63, 3.8) is 0 Å². The smallest absolute Gasteiger partial charge is 0.165 e. The maximum absolute atomic E-state index is 13.5. The highest BCUT2D eigenvalue weighted by Crippen LogP contribution is 2.20. The minimum absolute atomic E-state index is 0.282. The lowest BCUT2D eigenvalue weighted by atomic mass is 10.0. The Kier molecular flexibility index (Phi) is 3.82. The molecule has 2 aromatic rings. The Labute approximate surface area is 106 Å². The molecule has 1 N–H and O–H groups in total. The number of anilines is 1. The molecule has 2 aromatic carbocycles. The Morgan fingerprint density at radius 2 is 1.72 bits per heavy atom. The zero-order valence-electron chi connectivity index (χ0n) is 10.5. The van der Waals surface area contributed by atoms with Crippen LogP contribution < -0.4 is 10.1 Å². The third kappa shape index (κ3) is 2.80. The zero-order chi connectivity index (χ0) is 13.0. The molecule has 18 heavy (non-hydrogen) atoms. The van der Waals surface area contributed by atoms with Gasteiger partial charge in [-0.05, 0) is 41.8 Å². The van der Waals surface area contributed by atoms with Gasteiger partial charge in [-0.2, -0.15) is 0 Å². The van der Waals surface area contributed by atoms with Gasteiger partial charge >= 0.3 is 0 Å². The summed E-state index contributed by atoms with van der Waals surface area (Å²) < 4.78 is 18.4.